The lowest BCUT2D eigenvalue weighted by atomic mass is 10.1. The molecule has 0 unspecified atom stereocenters. The van der Waals surface area contributed by atoms with E-state index in [1.807, 2.05) is 38.1 Å². The summed E-state index contributed by atoms with van der Waals surface area (Å²) in [5, 5.41) is 6.51. The number of aryl methyl sites for hydroxylation is 2. The van der Waals surface area contributed by atoms with Crippen molar-refractivity contribution in [2.24, 2.45) is 0 Å². The summed E-state index contributed by atoms with van der Waals surface area (Å²) in [6.45, 7) is 4.34. The van der Waals surface area contributed by atoms with Crippen LogP contribution in [0.15, 0.2) is 49.1 Å². The fourth-order valence-corrected chi connectivity index (χ4v) is 2.85. The largest absolute Gasteiger partial charge is 0.348 e. The number of hydrogen-bond acceptors (Lipinski definition) is 5. The van der Waals surface area contributed by atoms with E-state index in [2.05, 4.69) is 25.6 Å². The van der Waals surface area contributed by atoms with E-state index in [9.17, 15) is 4.79 Å². The molecule has 2 N–H and O–H groups in total. The van der Waals surface area contributed by atoms with Gasteiger partial charge in [-0.2, -0.15) is 0 Å². The van der Waals surface area contributed by atoms with Crippen LogP contribution < -0.4 is 10.6 Å². The lowest BCUT2D eigenvalue weighted by molar-refractivity contribution is 0.0950. The lowest BCUT2D eigenvalue weighted by Gasteiger charge is -2.11. The number of carbonyl (C=O) groups is 1. The van der Waals surface area contributed by atoms with Crippen LogP contribution in [0.2, 0.25) is 5.02 Å². The first-order valence-corrected chi connectivity index (χ1v) is 8.43. The molecule has 0 saturated carbocycles. The molecule has 0 bridgehead atoms. The Morgan fingerprint density at radius 1 is 1.15 bits per heavy atom. The van der Waals surface area contributed by atoms with Crippen molar-refractivity contribution < 1.29 is 4.79 Å². The Morgan fingerprint density at radius 3 is 2.58 bits per heavy atom. The van der Waals surface area contributed by atoms with Crippen molar-refractivity contribution in [3.8, 4) is 0 Å². The van der Waals surface area contributed by atoms with Gasteiger partial charge in [0.2, 0.25) is 5.95 Å². The number of nitrogens with one attached hydrogen (secondary N) is 2. The molecule has 2 aromatic heterocycles. The number of benzene rings is 1. The lowest BCUT2D eigenvalue weighted by Crippen LogP contribution is -2.23. The molecule has 0 fully saturated rings. The molecule has 0 radical (unpaired) electrons. The van der Waals surface area contributed by atoms with E-state index in [1.54, 1.807) is 12.4 Å². The third kappa shape index (κ3) is 4.34. The van der Waals surface area contributed by atoms with Gasteiger partial charge < -0.3 is 10.6 Å². The maximum absolute atomic E-state index is 12.2. The molecule has 0 saturated heterocycles. The van der Waals surface area contributed by atoms with E-state index in [4.69, 9.17) is 11.6 Å². The summed E-state index contributed by atoms with van der Waals surface area (Å²) in [5.41, 5.74) is 4.14. The zero-order valence-electron chi connectivity index (χ0n) is 14.5. The molecule has 6 nitrogen and oxygen atoms in total. The predicted octanol–water partition coefficient (Wildman–Crippen LogP) is 3.82. The molecule has 0 spiro atoms. The standard InChI is InChI=1S/C19H18ClN5O/c1-12-6-13(2)17(16(20)7-12)25-19-23-10-15(11-24-19)18(26)22-9-14-4-3-5-21-8-14/h3-8,10-11H,9H2,1-2H3,(H,22,26)(H,23,24,25). The van der Waals surface area contributed by atoms with E-state index in [0.29, 0.717) is 23.1 Å². The van der Waals surface area contributed by atoms with Crippen LogP contribution in [0.5, 0.6) is 0 Å². The number of pyridine rings is 1. The summed E-state index contributed by atoms with van der Waals surface area (Å²) < 4.78 is 0. The SMILES string of the molecule is Cc1cc(C)c(Nc2ncc(C(=O)NCc3cccnc3)cn2)c(Cl)c1. The number of carbonyl (C=O) groups excluding carboxylic acids is 1. The fourth-order valence-electron chi connectivity index (χ4n) is 2.48. The molecule has 132 valence electrons. The minimum absolute atomic E-state index is 0.245. The zero-order chi connectivity index (χ0) is 18.5. The van der Waals surface area contributed by atoms with Crippen LogP contribution in [0.4, 0.5) is 11.6 Å². The van der Waals surface area contributed by atoms with Crippen LogP contribution in [0.25, 0.3) is 0 Å². The van der Waals surface area contributed by atoms with Gasteiger partial charge in [0.25, 0.3) is 5.91 Å². The van der Waals surface area contributed by atoms with E-state index in [-0.39, 0.29) is 5.91 Å². The summed E-state index contributed by atoms with van der Waals surface area (Å²) >= 11 is 6.28. The topological polar surface area (TPSA) is 79.8 Å². The van der Waals surface area contributed by atoms with Crippen molar-refractivity contribution in [3.63, 3.8) is 0 Å². The number of nitrogens with zero attached hydrogens (tertiary/aromatic N) is 3. The summed E-state index contributed by atoms with van der Waals surface area (Å²) in [4.78, 5) is 24.6. The minimum atomic E-state index is -0.245. The summed E-state index contributed by atoms with van der Waals surface area (Å²) in [6.07, 6.45) is 6.35. The van der Waals surface area contributed by atoms with Gasteiger partial charge in [0.05, 0.1) is 16.3 Å². The molecule has 0 aliphatic carbocycles. The molecule has 1 amide bonds. The van der Waals surface area contributed by atoms with Crippen LogP contribution >= 0.6 is 11.6 Å². The fraction of sp³-hybridized carbons (Fsp3) is 0.158. The van der Waals surface area contributed by atoms with Crippen LogP contribution in [-0.4, -0.2) is 20.9 Å². The third-order valence-electron chi connectivity index (χ3n) is 3.76. The Kier molecular flexibility index (Phi) is 5.43. The number of hydrogen-bond donors (Lipinski definition) is 2. The maximum atomic E-state index is 12.2. The molecule has 0 aliphatic heterocycles. The molecule has 26 heavy (non-hydrogen) atoms. The van der Waals surface area contributed by atoms with Crippen LogP contribution in [0, 0.1) is 13.8 Å². The second kappa shape index (κ2) is 7.93. The normalized spacial score (nSPS) is 10.4. The van der Waals surface area contributed by atoms with E-state index in [0.717, 1.165) is 22.4 Å². The van der Waals surface area contributed by atoms with Crippen LogP contribution in [-0.2, 0) is 6.54 Å². The minimum Gasteiger partial charge on any atom is -0.348 e. The van der Waals surface area contributed by atoms with Crippen LogP contribution in [0.1, 0.15) is 27.0 Å². The highest BCUT2D eigenvalue weighted by Gasteiger charge is 2.10. The summed E-state index contributed by atoms with van der Waals surface area (Å²) in [6, 6.07) is 7.61. The van der Waals surface area contributed by atoms with Gasteiger partial charge in [-0.1, -0.05) is 23.7 Å². The molecular formula is C19H18ClN5O. The van der Waals surface area contributed by atoms with Gasteiger partial charge in [-0.3, -0.25) is 9.78 Å². The van der Waals surface area contributed by atoms with E-state index >= 15 is 0 Å². The highest BCUT2D eigenvalue weighted by Crippen LogP contribution is 2.29. The van der Waals surface area contributed by atoms with Gasteiger partial charge in [-0.15, -0.1) is 0 Å². The summed E-state index contributed by atoms with van der Waals surface area (Å²) in [5.74, 6) is 0.132. The van der Waals surface area contributed by atoms with E-state index in [1.165, 1.54) is 12.4 Å². The second-order valence-corrected chi connectivity index (χ2v) is 6.31. The third-order valence-corrected chi connectivity index (χ3v) is 4.06. The Bertz CT molecular complexity index is 890. The van der Waals surface area contributed by atoms with Crippen molar-refractivity contribution in [3.05, 3.63) is 76.3 Å². The molecular weight excluding hydrogens is 350 g/mol. The Labute approximate surface area is 156 Å². The highest BCUT2D eigenvalue weighted by atomic mass is 35.5. The average Bonchev–Trinajstić information content (AvgIpc) is 2.64. The van der Waals surface area contributed by atoms with Crippen molar-refractivity contribution in [2.75, 3.05) is 5.32 Å². The number of amides is 1. The predicted molar refractivity (Wildman–Crippen MR) is 102 cm³/mol. The van der Waals surface area contributed by atoms with Gasteiger partial charge in [0, 0.05) is 31.3 Å². The molecule has 0 atom stereocenters. The first kappa shape index (κ1) is 17.8. The monoisotopic (exact) mass is 367 g/mol. The van der Waals surface area contributed by atoms with Crippen molar-refractivity contribution in [1.29, 1.82) is 0 Å². The number of rotatable bonds is 5. The van der Waals surface area contributed by atoms with Gasteiger partial charge >= 0.3 is 0 Å². The molecule has 3 rings (SSSR count). The quantitative estimate of drug-likeness (QED) is 0.716. The Hall–Kier alpha value is -2.99. The summed E-state index contributed by atoms with van der Waals surface area (Å²) in [7, 11) is 0. The van der Waals surface area contributed by atoms with E-state index < -0.39 is 0 Å². The average molecular weight is 368 g/mol. The number of halogens is 1. The number of anilines is 2. The molecule has 3 aromatic rings. The maximum Gasteiger partial charge on any atom is 0.254 e. The van der Waals surface area contributed by atoms with Gasteiger partial charge in [0.1, 0.15) is 0 Å². The first-order chi connectivity index (χ1) is 12.5. The van der Waals surface area contributed by atoms with Gasteiger partial charge in [-0.05, 0) is 42.7 Å². The second-order valence-electron chi connectivity index (χ2n) is 5.90. The van der Waals surface area contributed by atoms with Crippen LogP contribution in [0.3, 0.4) is 0 Å². The van der Waals surface area contributed by atoms with Crippen molar-refractivity contribution >= 4 is 29.1 Å². The Balaban J connectivity index is 1.66. The smallest absolute Gasteiger partial charge is 0.254 e. The highest BCUT2D eigenvalue weighted by molar-refractivity contribution is 6.33. The molecule has 1 aromatic carbocycles. The molecule has 0 aliphatic rings. The van der Waals surface area contributed by atoms with Crippen molar-refractivity contribution in [2.45, 2.75) is 20.4 Å². The van der Waals surface area contributed by atoms with Gasteiger partial charge in [0.15, 0.2) is 0 Å². The number of aromatic nitrogens is 3. The van der Waals surface area contributed by atoms with Gasteiger partial charge in [-0.25, -0.2) is 9.97 Å². The molecule has 2 heterocycles. The van der Waals surface area contributed by atoms with Crippen molar-refractivity contribution in [1.82, 2.24) is 20.3 Å². The molecule has 7 heteroatoms. The zero-order valence-corrected chi connectivity index (χ0v) is 15.2. The first-order valence-electron chi connectivity index (χ1n) is 8.06. The Morgan fingerprint density at radius 2 is 1.92 bits per heavy atom.